The van der Waals surface area contributed by atoms with Gasteiger partial charge in [0.05, 0.1) is 16.0 Å². The van der Waals surface area contributed by atoms with Crippen LogP contribution in [0, 0.1) is 10.1 Å². The van der Waals surface area contributed by atoms with E-state index in [0.29, 0.717) is 42.9 Å². The molecule has 1 N–H and O–H groups in total. The van der Waals surface area contributed by atoms with Crippen LogP contribution >= 0.6 is 11.3 Å². The Labute approximate surface area is 160 Å². The topological polar surface area (TPSA) is 98.0 Å². The quantitative estimate of drug-likeness (QED) is 0.377. The number of halogens is 3. The third kappa shape index (κ3) is 4.42. The number of hydrogen-bond acceptors (Lipinski definition) is 6. The van der Waals surface area contributed by atoms with E-state index in [9.17, 15) is 28.1 Å². The van der Waals surface area contributed by atoms with Gasteiger partial charge in [-0.15, -0.1) is 11.3 Å². The van der Waals surface area contributed by atoms with E-state index < -0.39 is 28.3 Å². The number of rotatable bonds is 6. The monoisotopic (exact) mass is 410 g/mol. The summed E-state index contributed by atoms with van der Waals surface area (Å²) in [5.41, 5.74) is -1.13. The number of benzene rings is 1. The van der Waals surface area contributed by atoms with Crippen molar-refractivity contribution >= 4 is 33.1 Å². The summed E-state index contributed by atoms with van der Waals surface area (Å²) in [7, 11) is 0. The largest absolute Gasteiger partial charge is 0.416 e. The van der Waals surface area contributed by atoms with Gasteiger partial charge in [0.2, 0.25) is 0 Å². The minimum absolute atomic E-state index is 0.0708. The fourth-order valence-corrected chi connectivity index (χ4v) is 3.48. The number of pyridine rings is 1. The summed E-state index contributed by atoms with van der Waals surface area (Å²) in [6.45, 7) is 0.319. The summed E-state index contributed by atoms with van der Waals surface area (Å²) in [5, 5.41) is 13.6. The molecular formula is C17H13F3N4O3S. The number of aromatic nitrogens is 2. The lowest BCUT2D eigenvalue weighted by Gasteiger charge is -2.05. The fourth-order valence-electron chi connectivity index (χ4n) is 2.53. The van der Waals surface area contributed by atoms with Gasteiger partial charge in [-0.3, -0.25) is 19.9 Å². The maximum atomic E-state index is 12.9. The predicted molar refractivity (Wildman–Crippen MR) is 96.2 cm³/mol. The first kappa shape index (κ1) is 19.7. The Morgan fingerprint density at radius 3 is 2.75 bits per heavy atom. The van der Waals surface area contributed by atoms with Crippen molar-refractivity contribution in [2.24, 2.45) is 0 Å². The lowest BCUT2D eigenvalue weighted by Crippen LogP contribution is -2.24. The second-order valence-electron chi connectivity index (χ2n) is 5.84. The van der Waals surface area contributed by atoms with E-state index in [-0.39, 0.29) is 15.2 Å². The Morgan fingerprint density at radius 1 is 1.32 bits per heavy atom. The van der Waals surface area contributed by atoms with E-state index in [4.69, 9.17) is 0 Å². The number of thiazole rings is 1. The Morgan fingerprint density at radius 2 is 2.11 bits per heavy atom. The first-order valence-electron chi connectivity index (χ1n) is 8.09. The molecule has 0 bridgehead atoms. The van der Waals surface area contributed by atoms with Crippen LogP contribution in [0.25, 0.3) is 10.2 Å². The number of nitro benzene ring substituents is 1. The molecule has 0 radical (unpaired) electrons. The zero-order valence-corrected chi connectivity index (χ0v) is 15.0. The molecule has 0 aliphatic heterocycles. The van der Waals surface area contributed by atoms with Crippen LogP contribution in [-0.2, 0) is 12.6 Å². The van der Waals surface area contributed by atoms with Gasteiger partial charge in [0.1, 0.15) is 4.70 Å². The minimum Gasteiger partial charge on any atom is -0.350 e. The predicted octanol–water partition coefficient (Wildman–Crippen LogP) is 3.98. The molecule has 0 saturated heterocycles. The number of hydrogen-bond donors (Lipinski definition) is 1. The number of aryl methyl sites for hydroxylation is 1. The summed E-state index contributed by atoms with van der Waals surface area (Å²) in [5.74, 6) is -0.588. The van der Waals surface area contributed by atoms with Crippen LogP contribution in [0.1, 0.15) is 27.3 Å². The highest BCUT2D eigenvalue weighted by Gasteiger charge is 2.34. The Kier molecular flexibility index (Phi) is 5.54. The first-order valence-corrected chi connectivity index (χ1v) is 8.90. The molecule has 28 heavy (non-hydrogen) atoms. The highest BCUT2D eigenvalue weighted by molar-refractivity contribution is 7.20. The molecule has 146 valence electrons. The van der Waals surface area contributed by atoms with Gasteiger partial charge in [0, 0.05) is 25.0 Å². The average molecular weight is 410 g/mol. The van der Waals surface area contributed by atoms with Crippen molar-refractivity contribution in [3.05, 3.63) is 62.9 Å². The normalized spacial score (nSPS) is 11.5. The number of carbonyl (C=O) groups excluding carboxylic acids is 1. The van der Waals surface area contributed by atoms with Crippen molar-refractivity contribution in [3.8, 4) is 0 Å². The van der Waals surface area contributed by atoms with Crippen LogP contribution in [-0.4, -0.2) is 27.3 Å². The summed E-state index contributed by atoms with van der Waals surface area (Å²) >= 11 is 0.692. The number of nitrogens with zero attached hydrogens (tertiary/aromatic N) is 3. The lowest BCUT2D eigenvalue weighted by atomic mass is 10.1. The number of alkyl halides is 3. The summed E-state index contributed by atoms with van der Waals surface area (Å²) in [4.78, 5) is 30.3. The molecular weight excluding hydrogens is 397 g/mol. The number of fused-ring (bicyclic) bond motifs is 1. The third-order valence-corrected chi connectivity index (χ3v) is 4.93. The molecule has 7 nitrogen and oxygen atoms in total. The molecule has 1 aromatic carbocycles. The Bertz CT molecular complexity index is 1020. The van der Waals surface area contributed by atoms with Gasteiger partial charge in [-0.05, 0) is 30.5 Å². The van der Waals surface area contributed by atoms with Crippen molar-refractivity contribution in [2.75, 3.05) is 6.54 Å². The molecule has 11 heteroatoms. The second-order valence-corrected chi connectivity index (χ2v) is 6.84. The van der Waals surface area contributed by atoms with Crippen LogP contribution < -0.4 is 5.32 Å². The average Bonchev–Trinajstić information content (AvgIpc) is 3.08. The maximum Gasteiger partial charge on any atom is 0.416 e. The van der Waals surface area contributed by atoms with Gasteiger partial charge in [-0.2, -0.15) is 13.2 Å². The third-order valence-electron chi connectivity index (χ3n) is 3.84. The van der Waals surface area contributed by atoms with E-state index in [1.807, 2.05) is 6.07 Å². The van der Waals surface area contributed by atoms with Gasteiger partial charge < -0.3 is 5.32 Å². The van der Waals surface area contributed by atoms with Gasteiger partial charge >= 0.3 is 6.18 Å². The summed E-state index contributed by atoms with van der Waals surface area (Å²) in [6, 6.07) is 4.87. The number of nitrogens with one attached hydrogen (secondary N) is 1. The van der Waals surface area contributed by atoms with E-state index >= 15 is 0 Å². The highest BCUT2D eigenvalue weighted by Crippen LogP contribution is 2.38. The molecule has 2 heterocycles. The zero-order valence-electron chi connectivity index (χ0n) is 14.2. The van der Waals surface area contributed by atoms with Gasteiger partial charge in [0.25, 0.3) is 11.6 Å². The standard InChI is InChI=1S/C17H13F3N4O3S/c18-17(19,20)11-7-12-14(13(8-11)24(26)27)28-16(23-12)15(25)22-6-2-4-10-3-1-5-21-9-10/h1,3,5,7-9H,2,4,6H2,(H,22,25). The molecule has 0 unspecified atom stereocenters. The van der Waals surface area contributed by atoms with Gasteiger partial charge in [-0.25, -0.2) is 4.98 Å². The molecule has 2 aromatic heterocycles. The van der Waals surface area contributed by atoms with Crippen LogP contribution in [0.15, 0.2) is 36.7 Å². The van der Waals surface area contributed by atoms with Crippen LogP contribution in [0.2, 0.25) is 0 Å². The van der Waals surface area contributed by atoms with Crippen LogP contribution in [0.5, 0.6) is 0 Å². The molecule has 0 aliphatic rings. The Hall–Kier alpha value is -3.08. The second kappa shape index (κ2) is 7.89. The van der Waals surface area contributed by atoms with Crippen LogP contribution in [0.4, 0.5) is 18.9 Å². The van der Waals surface area contributed by atoms with E-state index in [2.05, 4.69) is 15.3 Å². The molecule has 0 fully saturated rings. The van der Waals surface area contributed by atoms with Crippen molar-refractivity contribution in [1.82, 2.24) is 15.3 Å². The zero-order chi connectivity index (χ0) is 20.3. The minimum atomic E-state index is -4.75. The van der Waals surface area contributed by atoms with E-state index in [1.165, 1.54) is 0 Å². The number of amides is 1. The first-order chi connectivity index (χ1) is 13.3. The van der Waals surface area contributed by atoms with E-state index in [0.717, 1.165) is 5.56 Å². The Balaban J connectivity index is 1.74. The van der Waals surface area contributed by atoms with E-state index in [1.54, 1.807) is 18.5 Å². The highest BCUT2D eigenvalue weighted by atomic mass is 32.1. The molecule has 3 aromatic rings. The molecule has 0 saturated carbocycles. The molecule has 1 amide bonds. The summed E-state index contributed by atoms with van der Waals surface area (Å²) in [6.07, 6.45) is -0.0686. The molecule has 0 atom stereocenters. The van der Waals surface area contributed by atoms with Gasteiger partial charge in [-0.1, -0.05) is 6.07 Å². The van der Waals surface area contributed by atoms with Crippen molar-refractivity contribution in [2.45, 2.75) is 19.0 Å². The smallest absolute Gasteiger partial charge is 0.350 e. The SMILES string of the molecule is O=C(NCCCc1cccnc1)c1nc2cc(C(F)(F)F)cc([N+](=O)[O-])c2s1. The lowest BCUT2D eigenvalue weighted by molar-refractivity contribution is -0.383. The van der Waals surface area contributed by atoms with Crippen LogP contribution in [0.3, 0.4) is 0 Å². The summed E-state index contributed by atoms with van der Waals surface area (Å²) < 4.78 is 38.7. The van der Waals surface area contributed by atoms with Crippen molar-refractivity contribution < 1.29 is 22.9 Å². The molecule has 0 aliphatic carbocycles. The molecule has 3 rings (SSSR count). The molecule has 0 spiro atoms. The van der Waals surface area contributed by atoms with Crippen molar-refractivity contribution in [1.29, 1.82) is 0 Å². The number of nitro groups is 1. The van der Waals surface area contributed by atoms with Crippen molar-refractivity contribution in [3.63, 3.8) is 0 Å². The number of non-ortho nitro benzene ring substituents is 1. The fraction of sp³-hybridized carbons (Fsp3) is 0.235. The van der Waals surface area contributed by atoms with Gasteiger partial charge in [0.15, 0.2) is 5.01 Å². The maximum absolute atomic E-state index is 12.9. The number of carbonyl (C=O) groups is 1.